The summed E-state index contributed by atoms with van der Waals surface area (Å²) >= 11 is 6.81. The van der Waals surface area contributed by atoms with Crippen LogP contribution in [0, 0.1) is 11.8 Å². The molecule has 1 atom stereocenters. The molecule has 114 valence electrons. The van der Waals surface area contributed by atoms with Gasteiger partial charge in [0.25, 0.3) is 0 Å². The Kier molecular flexibility index (Phi) is 5.48. The third kappa shape index (κ3) is 3.95. The summed E-state index contributed by atoms with van der Waals surface area (Å²) in [4.78, 5) is 0. The number of aliphatic hydroxyl groups excluding tert-OH is 1. The summed E-state index contributed by atoms with van der Waals surface area (Å²) in [7, 11) is -3.59. The molecule has 2 N–H and O–H groups in total. The van der Waals surface area contributed by atoms with E-state index in [4.69, 9.17) is 11.6 Å². The van der Waals surface area contributed by atoms with E-state index in [2.05, 4.69) is 11.6 Å². The number of rotatable bonds is 5. The Balaban J connectivity index is 2.06. The molecule has 7 heteroatoms. The van der Waals surface area contributed by atoms with E-state index < -0.39 is 16.1 Å². The van der Waals surface area contributed by atoms with Crippen molar-refractivity contribution < 1.29 is 13.5 Å². The minimum Gasteiger partial charge on any atom is -0.395 e. The minimum absolute atomic E-state index is 0.169. The summed E-state index contributed by atoms with van der Waals surface area (Å²) in [5.41, 5.74) is 0. The fourth-order valence-corrected chi connectivity index (χ4v) is 5.47. The molecule has 0 unspecified atom stereocenters. The number of halogens is 1. The third-order valence-electron chi connectivity index (χ3n) is 3.95. The lowest BCUT2D eigenvalue weighted by molar-refractivity contribution is 0.172. The maximum Gasteiger partial charge on any atom is 0.250 e. The number of thiophene rings is 1. The maximum absolute atomic E-state index is 12.3. The van der Waals surface area contributed by atoms with Gasteiger partial charge in [0.1, 0.15) is 4.21 Å². The van der Waals surface area contributed by atoms with E-state index in [0.717, 1.165) is 37.0 Å². The van der Waals surface area contributed by atoms with E-state index in [-0.39, 0.29) is 16.7 Å². The predicted octanol–water partition coefficient (Wildman–Crippen LogP) is 2.87. The van der Waals surface area contributed by atoms with E-state index in [1.165, 1.54) is 6.07 Å². The highest BCUT2D eigenvalue weighted by Crippen LogP contribution is 2.31. The van der Waals surface area contributed by atoms with Crippen molar-refractivity contribution in [1.82, 2.24) is 4.72 Å². The molecule has 0 aromatic carbocycles. The van der Waals surface area contributed by atoms with Crippen LogP contribution < -0.4 is 4.72 Å². The molecule has 0 aliphatic heterocycles. The van der Waals surface area contributed by atoms with E-state index in [1.807, 2.05) is 0 Å². The first-order valence-corrected chi connectivity index (χ1v) is 9.48. The molecule has 0 amide bonds. The summed E-state index contributed by atoms with van der Waals surface area (Å²) in [5.74, 6) is 0.903. The number of hydrogen-bond donors (Lipinski definition) is 2. The number of hydrogen-bond acceptors (Lipinski definition) is 4. The van der Waals surface area contributed by atoms with Gasteiger partial charge >= 0.3 is 0 Å². The highest BCUT2D eigenvalue weighted by atomic mass is 35.5. The number of aliphatic hydroxyl groups is 1. The van der Waals surface area contributed by atoms with E-state index in [9.17, 15) is 13.5 Å². The zero-order valence-corrected chi connectivity index (χ0v) is 13.8. The first-order chi connectivity index (χ1) is 9.42. The lowest BCUT2D eigenvalue weighted by Gasteiger charge is -2.31. The van der Waals surface area contributed by atoms with E-state index in [0.29, 0.717) is 10.3 Å². The van der Waals surface area contributed by atoms with Crippen LogP contribution in [-0.2, 0) is 10.0 Å². The van der Waals surface area contributed by atoms with Crippen molar-refractivity contribution in [3.63, 3.8) is 0 Å². The van der Waals surface area contributed by atoms with Gasteiger partial charge in [-0.25, -0.2) is 13.1 Å². The van der Waals surface area contributed by atoms with Crippen molar-refractivity contribution in [2.24, 2.45) is 11.8 Å². The summed E-state index contributed by atoms with van der Waals surface area (Å²) in [6, 6.07) is 2.65. The van der Waals surface area contributed by atoms with Crippen molar-refractivity contribution in [3.05, 3.63) is 16.5 Å². The summed E-state index contributed by atoms with van der Waals surface area (Å²) in [6.45, 7) is 2.04. The van der Waals surface area contributed by atoms with Gasteiger partial charge in [-0.15, -0.1) is 11.3 Å². The van der Waals surface area contributed by atoms with Crippen LogP contribution in [0.25, 0.3) is 0 Å². The predicted molar refractivity (Wildman–Crippen MR) is 81.6 cm³/mol. The Hall–Kier alpha value is -0.140. The zero-order valence-electron chi connectivity index (χ0n) is 11.4. The van der Waals surface area contributed by atoms with Crippen molar-refractivity contribution in [2.45, 2.75) is 42.9 Å². The Morgan fingerprint density at radius 2 is 2.05 bits per heavy atom. The molecule has 1 fully saturated rings. The minimum atomic E-state index is -3.59. The topological polar surface area (TPSA) is 66.4 Å². The van der Waals surface area contributed by atoms with Gasteiger partial charge in [0.2, 0.25) is 10.0 Å². The molecule has 2 rings (SSSR count). The van der Waals surface area contributed by atoms with E-state index in [1.54, 1.807) is 6.07 Å². The van der Waals surface area contributed by atoms with Gasteiger partial charge in [0.15, 0.2) is 0 Å². The number of nitrogens with one attached hydrogen (secondary N) is 1. The monoisotopic (exact) mass is 337 g/mol. The van der Waals surface area contributed by atoms with Crippen LogP contribution in [0.1, 0.15) is 32.6 Å². The molecule has 1 aromatic heterocycles. The van der Waals surface area contributed by atoms with Crippen LogP contribution >= 0.6 is 22.9 Å². The van der Waals surface area contributed by atoms with Gasteiger partial charge in [0.05, 0.1) is 10.9 Å². The van der Waals surface area contributed by atoms with Gasteiger partial charge in [-0.05, 0) is 36.8 Å². The summed E-state index contributed by atoms with van der Waals surface area (Å²) in [6.07, 6.45) is 4.10. The molecule has 1 heterocycles. The van der Waals surface area contributed by atoms with E-state index >= 15 is 0 Å². The molecule has 1 aliphatic rings. The fraction of sp³-hybridized carbons (Fsp3) is 0.692. The van der Waals surface area contributed by atoms with Crippen LogP contribution in [0.5, 0.6) is 0 Å². The Morgan fingerprint density at radius 3 is 2.55 bits per heavy atom. The van der Waals surface area contributed by atoms with Crippen molar-refractivity contribution in [2.75, 3.05) is 6.61 Å². The Bertz CT molecular complexity index is 536. The quantitative estimate of drug-likeness (QED) is 0.868. The average molecular weight is 338 g/mol. The maximum atomic E-state index is 12.3. The second kappa shape index (κ2) is 6.75. The molecule has 0 spiro atoms. The van der Waals surface area contributed by atoms with Crippen molar-refractivity contribution in [3.8, 4) is 0 Å². The molecule has 0 bridgehead atoms. The third-order valence-corrected chi connectivity index (χ3v) is 7.16. The lowest BCUT2D eigenvalue weighted by atomic mass is 9.80. The normalized spacial score (nSPS) is 25.6. The standard InChI is InChI=1S/C13H20ClNO3S2/c1-9-2-4-10(5-3-9)11(8-16)15-20(17,18)13-7-6-12(14)19-13/h6-7,9-11,15-16H,2-5,8H2,1H3/t9?,10?,11-/m1/s1. The lowest BCUT2D eigenvalue weighted by Crippen LogP contribution is -2.43. The van der Waals surface area contributed by atoms with Crippen LogP contribution in [0.4, 0.5) is 0 Å². The fourth-order valence-electron chi connectivity index (χ4n) is 2.67. The van der Waals surface area contributed by atoms with Gasteiger partial charge < -0.3 is 5.11 Å². The first-order valence-electron chi connectivity index (χ1n) is 6.81. The molecule has 4 nitrogen and oxygen atoms in total. The Labute approximate surface area is 129 Å². The molecular weight excluding hydrogens is 318 g/mol. The molecule has 0 radical (unpaired) electrons. The molecule has 0 saturated heterocycles. The van der Waals surface area contributed by atoms with Crippen molar-refractivity contribution in [1.29, 1.82) is 0 Å². The molecular formula is C13H20ClNO3S2. The summed E-state index contributed by atoms with van der Waals surface area (Å²) in [5, 5.41) is 9.51. The highest BCUT2D eigenvalue weighted by Gasteiger charge is 2.30. The first kappa shape index (κ1) is 16.2. The van der Waals surface area contributed by atoms with Gasteiger partial charge in [-0.3, -0.25) is 0 Å². The zero-order chi connectivity index (χ0) is 14.8. The second-order valence-corrected chi connectivity index (χ2v) is 9.14. The largest absolute Gasteiger partial charge is 0.395 e. The van der Waals surface area contributed by atoms with Gasteiger partial charge in [-0.1, -0.05) is 31.4 Å². The Morgan fingerprint density at radius 1 is 1.40 bits per heavy atom. The average Bonchev–Trinajstić information content (AvgIpc) is 2.85. The van der Waals surface area contributed by atoms with Crippen molar-refractivity contribution >= 4 is 33.0 Å². The number of sulfonamides is 1. The smallest absolute Gasteiger partial charge is 0.250 e. The molecule has 1 aliphatic carbocycles. The van der Waals surface area contributed by atoms with Crippen LogP contribution in [0.3, 0.4) is 0 Å². The molecule has 20 heavy (non-hydrogen) atoms. The summed E-state index contributed by atoms with van der Waals surface area (Å²) < 4.78 is 27.8. The molecule has 1 aromatic rings. The van der Waals surface area contributed by atoms with Crippen LogP contribution in [0.2, 0.25) is 4.34 Å². The van der Waals surface area contributed by atoms with Gasteiger partial charge in [-0.2, -0.15) is 0 Å². The van der Waals surface area contributed by atoms with Crippen LogP contribution in [0.15, 0.2) is 16.3 Å². The second-order valence-electron chi connectivity index (χ2n) is 5.49. The SMILES string of the molecule is CC1CCC([C@@H](CO)NS(=O)(=O)c2ccc(Cl)s2)CC1. The highest BCUT2D eigenvalue weighted by molar-refractivity contribution is 7.91. The van der Waals surface area contributed by atoms with Crippen LogP contribution in [-0.4, -0.2) is 26.2 Å². The molecule has 1 saturated carbocycles. The van der Waals surface area contributed by atoms with Gasteiger partial charge in [0, 0.05) is 6.04 Å².